The molecular formula is C19H20ClN5O2. The number of aromatic nitrogens is 3. The summed E-state index contributed by atoms with van der Waals surface area (Å²) in [6.45, 7) is 1.64. The van der Waals surface area contributed by atoms with E-state index in [1.165, 1.54) is 0 Å². The van der Waals surface area contributed by atoms with Crippen LogP contribution in [0, 0.1) is 0 Å². The Bertz CT molecular complexity index is 974. The van der Waals surface area contributed by atoms with Crippen LogP contribution in [-0.2, 0) is 4.74 Å². The Morgan fingerprint density at radius 2 is 2.19 bits per heavy atom. The normalized spacial score (nSPS) is 16.8. The predicted molar refractivity (Wildman–Crippen MR) is 105 cm³/mol. The Morgan fingerprint density at radius 3 is 3.00 bits per heavy atom. The maximum atomic E-state index is 12.4. The first-order valence-corrected chi connectivity index (χ1v) is 9.21. The van der Waals surface area contributed by atoms with E-state index in [2.05, 4.69) is 20.3 Å². The van der Waals surface area contributed by atoms with Gasteiger partial charge in [0.05, 0.1) is 29.4 Å². The molecule has 0 radical (unpaired) electrons. The molecule has 0 unspecified atom stereocenters. The molecule has 1 N–H and O–H groups in total. The Hall–Kier alpha value is -2.64. The average molecular weight is 386 g/mol. The van der Waals surface area contributed by atoms with Gasteiger partial charge in [-0.2, -0.15) is 0 Å². The van der Waals surface area contributed by atoms with Crippen LogP contribution in [0.1, 0.15) is 23.2 Å². The number of nitrogens with one attached hydrogen (secondary N) is 1. The summed E-state index contributed by atoms with van der Waals surface area (Å²) in [4.78, 5) is 19.1. The molecule has 27 heavy (non-hydrogen) atoms. The van der Waals surface area contributed by atoms with E-state index in [-0.39, 0.29) is 5.91 Å². The van der Waals surface area contributed by atoms with Crippen LogP contribution in [0.5, 0.6) is 0 Å². The highest BCUT2D eigenvalue weighted by Crippen LogP contribution is 2.24. The molecule has 1 aromatic carbocycles. The minimum absolute atomic E-state index is 0.302. The van der Waals surface area contributed by atoms with E-state index in [1.54, 1.807) is 42.1 Å². The fourth-order valence-corrected chi connectivity index (χ4v) is 3.64. The number of fused-ring (bicyclic) bond motifs is 1. The smallest absolute Gasteiger partial charge is 0.258 e. The second kappa shape index (κ2) is 7.54. The van der Waals surface area contributed by atoms with Gasteiger partial charge in [-0.25, -0.2) is 9.50 Å². The topological polar surface area (TPSA) is 71.8 Å². The summed E-state index contributed by atoms with van der Waals surface area (Å²) >= 11 is 6.08. The molecule has 4 rings (SSSR count). The van der Waals surface area contributed by atoms with Crippen molar-refractivity contribution in [2.24, 2.45) is 0 Å². The van der Waals surface area contributed by atoms with E-state index in [0.717, 1.165) is 25.2 Å². The van der Waals surface area contributed by atoms with Crippen LogP contribution < -0.4 is 10.2 Å². The molecule has 2 aromatic heterocycles. The number of carbonyl (C=O) groups excluding carboxylic acids is 1. The van der Waals surface area contributed by atoms with Crippen molar-refractivity contribution in [1.29, 1.82) is 0 Å². The van der Waals surface area contributed by atoms with Crippen molar-refractivity contribution >= 4 is 34.8 Å². The molecule has 1 aliphatic heterocycles. The first-order chi connectivity index (χ1) is 13.2. The zero-order valence-corrected chi connectivity index (χ0v) is 15.7. The fraction of sp³-hybridized carbons (Fsp3) is 0.316. The molecule has 0 saturated carbocycles. The SMILES string of the molecule is COC[C@H]1CCCN1c1ccc2nc(NC(=O)c3ccccc3Cl)cn2n1. The number of rotatable bonds is 5. The van der Waals surface area contributed by atoms with Crippen molar-refractivity contribution in [1.82, 2.24) is 14.6 Å². The van der Waals surface area contributed by atoms with Gasteiger partial charge in [-0.15, -0.1) is 5.10 Å². The van der Waals surface area contributed by atoms with Crippen molar-refractivity contribution in [2.75, 3.05) is 30.5 Å². The molecule has 1 atom stereocenters. The van der Waals surface area contributed by atoms with Gasteiger partial charge in [-0.05, 0) is 37.1 Å². The zero-order chi connectivity index (χ0) is 18.8. The number of hydrogen-bond donors (Lipinski definition) is 1. The highest BCUT2D eigenvalue weighted by Gasteiger charge is 2.26. The number of methoxy groups -OCH3 is 1. The minimum atomic E-state index is -0.302. The van der Waals surface area contributed by atoms with Crippen LogP contribution in [0.25, 0.3) is 5.65 Å². The number of hydrogen-bond acceptors (Lipinski definition) is 5. The summed E-state index contributed by atoms with van der Waals surface area (Å²) in [5.41, 5.74) is 1.07. The monoisotopic (exact) mass is 385 g/mol. The van der Waals surface area contributed by atoms with Gasteiger partial charge in [0, 0.05) is 13.7 Å². The lowest BCUT2D eigenvalue weighted by Gasteiger charge is -2.24. The Labute approximate surface area is 161 Å². The van der Waals surface area contributed by atoms with Gasteiger partial charge >= 0.3 is 0 Å². The van der Waals surface area contributed by atoms with Gasteiger partial charge in [-0.3, -0.25) is 4.79 Å². The number of benzene rings is 1. The van der Waals surface area contributed by atoms with Crippen LogP contribution in [0.2, 0.25) is 5.02 Å². The van der Waals surface area contributed by atoms with Crippen molar-refractivity contribution in [2.45, 2.75) is 18.9 Å². The molecule has 1 aliphatic rings. The Kier molecular flexibility index (Phi) is 4.96. The highest BCUT2D eigenvalue weighted by atomic mass is 35.5. The average Bonchev–Trinajstić information content (AvgIpc) is 3.27. The molecule has 7 nitrogen and oxygen atoms in total. The van der Waals surface area contributed by atoms with Crippen molar-refractivity contribution in [3.05, 3.63) is 53.2 Å². The fourth-order valence-electron chi connectivity index (χ4n) is 3.42. The number of nitrogens with zero attached hydrogens (tertiary/aromatic N) is 4. The van der Waals surface area contributed by atoms with E-state index in [9.17, 15) is 4.79 Å². The molecule has 3 heterocycles. The summed E-state index contributed by atoms with van der Waals surface area (Å²) in [7, 11) is 1.72. The van der Waals surface area contributed by atoms with Gasteiger partial charge in [0.15, 0.2) is 11.5 Å². The molecule has 140 valence electrons. The molecule has 0 bridgehead atoms. The van der Waals surface area contributed by atoms with Gasteiger partial charge in [0.1, 0.15) is 5.82 Å². The molecule has 1 amide bonds. The lowest BCUT2D eigenvalue weighted by atomic mass is 10.2. The molecule has 0 spiro atoms. The molecule has 3 aromatic rings. The Balaban J connectivity index is 1.56. The van der Waals surface area contributed by atoms with Crippen molar-refractivity contribution in [3.63, 3.8) is 0 Å². The van der Waals surface area contributed by atoms with Crippen molar-refractivity contribution < 1.29 is 9.53 Å². The van der Waals surface area contributed by atoms with Crippen LogP contribution in [0.4, 0.5) is 11.6 Å². The summed E-state index contributed by atoms with van der Waals surface area (Å²) in [5.74, 6) is 1.01. The third-order valence-electron chi connectivity index (χ3n) is 4.70. The highest BCUT2D eigenvalue weighted by molar-refractivity contribution is 6.34. The number of carbonyl (C=O) groups is 1. The maximum Gasteiger partial charge on any atom is 0.258 e. The summed E-state index contributed by atoms with van der Waals surface area (Å²) < 4.78 is 7.00. The quantitative estimate of drug-likeness (QED) is 0.730. The third-order valence-corrected chi connectivity index (χ3v) is 5.03. The standard InChI is InChI=1S/C19H20ClN5O2/c1-27-12-13-5-4-10-24(13)18-9-8-17-21-16(11-25(17)23-18)22-19(26)14-6-2-3-7-15(14)20/h2-3,6-9,11,13H,4-5,10,12H2,1H3,(H,22,26)/t13-/m1/s1. The molecule has 0 aliphatic carbocycles. The van der Waals surface area contributed by atoms with Gasteiger partial charge in [0.25, 0.3) is 5.91 Å². The zero-order valence-electron chi connectivity index (χ0n) is 14.9. The molecular weight excluding hydrogens is 366 g/mol. The van der Waals surface area contributed by atoms with E-state index in [0.29, 0.717) is 34.7 Å². The number of amides is 1. The number of ether oxygens (including phenoxy) is 1. The van der Waals surface area contributed by atoms with Gasteiger partial charge in [0.2, 0.25) is 0 Å². The first kappa shape index (κ1) is 17.8. The second-order valence-electron chi connectivity index (χ2n) is 6.50. The van der Waals surface area contributed by atoms with E-state index >= 15 is 0 Å². The summed E-state index contributed by atoms with van der Waals surface area (Å²) in [6, 6.07) is 11.1. The van der Waals surface area contributed by atoms with Gasteiger partial charge < -0.3 is 15.0 Å². The molecule has 8 heteroatoms. The predicted octanol–water partition coefficient (Wildman–Crippen LogP) is 3.25. The van der Waals surface area contributed by atoms with E-state index in [1.807, 2.05) is 12.1 Å². The summed E-state index contributed by atoms with van der Waals surface area (Å²) in [6.07, 6.45) is 3.92. The third kappa shape index (κ3) is 3.61. The Morgan fingerprint density at radius 1 is 1.33 bits per heavy atom. The van der Waals surface area contributed by atoms with Crippen LogP contribution in [0.15, 0.2) is 42.6 Å². The van der Waals surface area contributed by atoms with Crippen LogP contribution >= 0.6 is 11.6 Å². The number of imidazole rings is 1. The number of halogens is 1. The van der Waals surface area contributed by atoms with Crippen LogP contribution in [-0.4, -0.2) is 46.8 Å². The minimum Gasteiger partial charge on any atom is -0.383 e. The summed E-state index contributed by atoms with van der Waals surface area (Å²) in [5, 5.41) is 7.83. The van der Waals surface area contributed by atoms with Gasteiger partial charge in [-0.1, -0.05) is 23.7 Å². The van der Waals surface area contributed by atoms with Crippen molar-refractivity contribution in [3.8, 4) is 0 Å². The lowest BCUT2D eigenvalue weighted by Crippen LogP contribution is -2.33. The van der Waals surface area contributed by atoms with Crippen LogP contribution in [0.3, 0.4) is 0 Å². The molecule has 1 fully saturated rings. The second-order valence-corrected chi connectivity index (χ2v) is 6.91. The molecule has 1 saturated heterocycles. The first-order valence-electron chi connectivity index (χ1n) is 8.83. The lowest BCUT2D eigenvalue weighted by molar-refractivity contribution is 0.102. The largest absolute Gasteiger partial charge is 0.383 e. The van der Waals surface area contributed by atoms with E-state index < -0.39 is 0 Å². The number of anilines is 2. The van der Waals surface area contributed by atoms with E-state index in [4.69, 9.17) is 16.3 Å². The maximum absolute atomic E-state index is 12.4.